The van der Waals surface area contributed by atoms with E-state index in [0.29, 0.717) is 28.6 Å². The summed E-state index contributed by atoms with van der Waals surface area (Å²) >= 11 is 18.1. The van der Waals surface area contributed by atoms with Crippen LogP contribution in [-0.2, 0) is 6.18 Å². The summed E-state index contributed by atoms with van der Waals surface area (Å²) in [6.45, 7) is 5.28. The molecule has 2 aromatic heterocycles. The number of hydrogen-bond donors (Lipinski definition) is 1. The number of ether oxygens (including phenoxy) is 1. The van der Waals surface area contributed by atoms with Crippen LogP contribution < -0.4 is 10.1 Å². The van der Waals surface area contributed by atoms with E-state index in [1.165, 1.54) is 0 Å². The van der Waals surface area contributed by atoms with Crippen molar-refractivity contribution in [1.29, 1.82) is 0 Å². The molecule has 0 aliphatic heterocycles. The summed E-state index contributed by atoms with van der Waals surface area (Å²) in [6.07, 6.45) is -3.86. The van der Waals surface area contributed by atoms with Gasteiger partial charge in [-0.3, -0.25) is 0 Å². The molecule has 0 saturated carbocycles. The van der Waals surface area contributed by atoms with E-state index in [0.717, 1.165) is 6.07 Å². The fraction of sp³-hybridized carbons (Fsp3) is 0.438. The number of halogens is 6. The molecule has 5 nitrogen and oxygen atoms in total. The van der Waals surface area contributed by atoms with Crippen molar-refractivity contribution in [3.63, 3.8) is 0 Å². The predicted molar refractivity (Wildman–Crippen MR) is 98.9 cm³/mol. The van der Waals surface area contributed by atoms with Gasteiger partial charge in [-0.05, 0) is 26.8 Å². The van der Waals surface area contributed by atoms with Gasteiger partial charge in [0.2, 0.25) is 5.88 Å². The number of hydrogen-bond acceptors (Lipinski definition) is 5. The molecule has 0 aromatic carbocycles. The summed E-state index contributed by atoms with van der Waals surface area (Å²) in [7, 11) is 0. The van der Waals surface area contributed by atoms with E-state index in [-0.39, 0.29) is 23.6 Å². The molecule has 2 atom stereocenters. The lowest BCUT2D eigenvalue weighted by Gasteiger charge is -2.18. The molecule has 2 rings (SSSR count). The molecule has 0 radical (unpaired) electrons. The topological polar surface area (TPSA) is 59.9 Å². The van der Waals surface area contributed by atoms with Crippen LogP contribution in [0.4, 0.5) is 19.0 Å². The number of anilines is 1. The second kappa shape index (κ2) is 8.67. The molecule has 0 saturated heterocycles. The number of rotatable bonds is 6. The maximum absolute atomic E-state index is 12.6. The molecule has 2 aromatic rings. The Bertz CT molecular complexity index is 818. The monoisotopic (exact) mass is 442 g/mol. The van der Waals surface area contributed by atoms with Gasteiger partial charge in [0, 0.05) is 6.20 Å². The lowest BCUT2D eigenvalue weighted by molar-refractivity contribution is -0.137. The molecule has 0 fully saturated rings. The zero-order valence-corrected chi connectivity index (χ0v) is 16.8. The molecule has 11 heteroatoms. The predicted octanol–water partition coefficient (Wildman–Crippen LogP) is 5.68. The van der Waals surface area contributed by atoms with Crippen LogP contribution in [-0.4, -0.2) is 27.6 Å². The zero-order chi connectivity index (χ0) is 20.4. The van der Waals surface area contributed by atoms with Crippen molar-refractivity contribution in [3.05, 3.63) is 39.4 Å². The van der Waals surface area contributed by atoms with Crippen molar-refractivity contribution < 1.29 is 17.9 Å². The minimum absolute atomic E-state index is 0.0588. The van der Waals surface area contributed by atoms with Crippen LogP contribution in [0, 0.1) is 6.92 Å². The molecule has 0 aliphatic rings. The summed E-state index contributed by atoms with van der Waals surface area (Å²) in [5.41, 5.74) is -0.453. The van der Waals surface area contributed by atoms with Gasteiger partial charge < -0.3 is 10.1 Å². The van der Waals surface area contributed by atoms with Crippen LogP contribution in [0.2, 0.25) is 10.0 Å². The van der Waals surface area contributed by atoms with Crippen LogP contribution in [0.15, 0.2) is 12.3 Å². The second-order valence-corrected chi connectivity index (χ2v) is 7.24. The number of nitrogens with zero attached hydrogens (tertiary/aromatic N) is 3. The Morgan fingerprint density at radius 1 is 1.22 bits per heavy atom. The molecule has 0 aliphatic carbocycles. The van der Waals surface area contributed by atoms with E-state index in [2.05, 4.69) is 20.3 Å². The fourth-order valence-corrected chi connectivity index (χ4v) is 2.84. The largest absolute Gasteiger partial charge is 0.474 e. The average Bonchev–Trinajstić information content (AvgIpc) is 2.55. The van der Waals surface area contributed by atoms with Gasteiger partial charge in [-0.1, -0.05) is 23.2 Å². The van der Waals surface area contributed by atoms with Crippen molar-refractivity contribution >= 4 is 40.6 Å². The van der Waals surface area contributed by atoms with Crippen LogP contribution in [0.5, 0.6) is 5.88 Å². The summed E-state index contributed by atoms with van der Waals surface area (Å²) in [5.74, 6) is 0.776. The van der Waals surface area contributed by atoms with E-state index in [9.17, 15) is 13.2 Å². The highest BCUT2D eigenvalue weighted by molar-refractivity contribution is 6.34. The van der Waals surface area contributed by atoms with Gasteiger partial charge in [0.05, 0.1) is 22.7 Å². The quantitative estimate of drug-likeness (QED) is 0.582. The first kappa shape index (κ1) is 21.8. The molecule has 27 heavy (non-hydrogen) atoms. The molecular weight excluding hydrogens is 428 g/mol. The summed E-state index contributed by atoms with van der Waals surface area (Å²) in [4.78, 5) is 12.1. The first-order valence-electron chi connectivity index (χ1n) is 7.79. The van der Waals surface area contributed by atoms with Gasteiger partial charge in [-0.25, -0.2) is 15.0 Å². The first-order valence-corrected chi connectivity index (χ1v) is 8.98. The number of aromatic nitrogens is 3. The van der Waals surface area contributed by atoms with Gasteiger partial charge in [0.25, 0.3) is 0 Å². The average molecular weight is 444 g/mol. The lowest BCUT2D eigenvalue weighted by Crippen LogP contribution is -2.25. The Morgan fingerprint density at radius 3 is 2.44 bits per heavy atom. The Labute approximate surface area is 169 Å². The van der Waals surface area contributed by atoms with Gasteiger partial charge in [0.1, 0.15) is 28.3 Å². The van der Waals surface area contributed by atoms with Gasteiger partial charge in [0.15, 0.2) is 0 Å². The standard InChI is InChI=1S/C16H16Cl3F3N4O/c1-7(24-14-12(19)13(8(2)17)25-9(3)26-14)6-27-15-11(18)4-10(5-23-15)16(20,21)22/h4-5,7-8H,6H2,1-3H3,(H,24,25,26). The molecule has 2 heterocycles. The molecule has 1 N–H and O–H groups in total. The molecule has 0 bridgehead atoms. The molecule has 0 spiro atoms. The first-order chi connectivity index (χ1) is 12.5. The number of alkyl halides is 4. The highest BCUT2D eigenvalue weighted by Crippen LogP contribution is 2.33. The number of aryl methyl sites for hydroxylation is 1. The fourth-order valence-electron chi connectivity index (χ4n) is 2.11. The Morgan fingerprint density at radius 2 is 1.89 bits per heavy atom. The van der Waals surface area contributed by atoms with E-state index >= 15 is 0 Å². The van der Waals surface area contributed by atoms with Crippen LogP contribution in [0.1, 0.15) is 36.3 Å². The smallest absolute Gasteiger partial charge is 0.417 e. The van der Waals surface area contributed by atoms with Crippen LogP contribution in [0.25, 0.3) is 0 Å². The van der Waals surface area contributed by atoms with Crippen LogP contribution >= 0.6 is 34.8 Å². The second-order valence-electron chi connectivity index (χ2n) is 5.80. The third kappa shape index (κ3) is 5.73. The van der Waals surface area contributed by atoms with E-state index < -0.39 is 17.1 Å². The van der Waals surface area contributed by atoms with Crippen molar-refractivity contribution in [2.45, 2.75) is 38.4 Å². The number of pyridine rings is 1. The maximum Gasteiger partial charge on any atom is 0.417 e. The molecule has 0 amide bonds. The van der Waals surface area contributed by atoms with Gasteiger partial charge in [-0.15, -0.1) is 11.6 Å². The maximum atomic E-state index is 12.6. The van der Waals surface area contributed by atoms with Crippen molar-refractivity contribution in [2.24, 2.45) is 0 Å². The summed E-state index contributed by atoms with van der Waals surface area (Å²) in [6, 6.07) is 0.455. The Kier molecular flexibility index (Phi) is 6.99. The van der Waals surface area contributed by atoms with Gasteiger partial charge in [-0.2, -0.15) is 13.2 Å². The van der Waals surface area contributed by atoms with Crippen molar-refractivity contribution in [2.75, 3.05) is 11.9 Å². The minimum Gasteiger partial charge on any atom is -0.474 e. The van der Waals surface area contributed by atoms with Crippen LogP contribution in [0.3, 0.4) is 0 Å². The SMILES string of the molecule is Cc1nc(NC(C)COc2ncc(C(F)(F)F)cc2Cl)c(Cl)c(C(C)Cl)n1. The van der Waals surface area contributed by atoms with Crippen molar-refractivity contribution in [1.82, 2.24) is 15.0 Å². The molecular formula is C16H16Cl3F3N4O. The Hall–Kier alpha value is -1.51. The normalized spacial score (nSPS) is 14.0. The van der Waals surface area contributed by atoms with E-state index in [4.69, 9.17) is 39.5 Å². The van der Waals surface area contributed by atoms with Gasteiger partial charge >= 0.3 is 6.18 Å². The third-order valence-electron chi connectivity index (χ3n) is 3.35. The minimum atomic E-state index is -4.52. The molecule has 2 unspecified atom stereocenters. The summed E-state index contributed by atoms with van der Waals surface area (Å²) in [5, 5.41) is 2.71. The molecule has 148 valence electrons. The van der Waals surface area contributed by atoms with E-state index in [1.54, 1.807) is 20.8 Å². The Balaban J connectivity index is 2.06. The van der Waals surface area contributed by atoms with Crippen molar-refractivity contribution in [3.8, 4) is 5.88 Å². The highest BCUT2D eigenvalue weighted by atomic mass is 35.5. The third-order valence-corrected chi connectivity index (χ3v) is 4.20. The number of nitrogens with one attached hydrogen (secondary N) is 1. The summed E-state index contributed by atoms with van der Waals surface area (Å²) < 4.78 is 43.3. The van der Waals surface area contributed by atoms with E-state index in [1.807, 2.05) is 0 Å². The zero-order valence-electron chi connectivity index (χ0n) is 14.5. The lowest BCUT2D eigenvalue weighted by atomic mass is 10.2. The highest BCUT2D eigenvalue weighted by Gasteiger charge is 2.31.